The fourth-order valence-corrected chi connectivity index (χ4v) is 2.20. The maximum atomic E-state index is 12.1. The smallest absolute Gasteiger partial charge is 0.387 e. The molecule has 1 rings (SSSR count). The Kier molecular flexibility index (Phi) is 14.3. The summed E-state index contributed by atoms with van der Waals surface area (Å²) in [4.78, 5) is 15.4. The van der Waals surface area contributed by atoms with E-state index in [4.69, 9.17) is 0 Å². The van der Waals surface area contributed by atoms with E-state index in [9.17, 15) is 18.7 Å². The first-order valence-electron chi connectivity index (χ1n) is 8.78. The van der Waals surface area contributed by atoms with Gasteiger partial charge in [-0.2, -0.15) is 8.78 Å². The van der Waals surface area contributed by atoms with Crippen LogP contribution < -0.4 is 15.4 Å². The van der Waals surface area contributed by atoms with Crippen molar-refractivity contribution < 1.29 is 28.2 Å². The van der Waals surface area contributed by atoms with Gasteiger partial charge in [-0.15, -0.1) is 24.0 Å². The molecule has 0 saturated carbocycles. The highest BCUT2D eigenvalue weighted by Crippen LogP contribution is 2.19. The van der Waals surface area contributed by atoms with Gasteiger partial charge in [-0.1, -0.05) is 12.1 Å². The lowest BCUT2D eigenvalue weighted by Gasteiger charge is -2.13. The fraction of sp³-hybridized carbons (Fsp3) is 0.556. The summed E-state index contributed by atoms with van der Waals surface area (Å²) in [5.41, 5.74) is 0.550. The molecule has 0 aliphatic heterocycles. The molecular formula is C18H28F2IN3O4. The molecule has 0 bridgehead atoms. The Morgan fingerprint density at radius 3 is 2.46 bits per heavy atom. The van der Waals surface area contributed by atoms with E-state index < -0.39 is 12.7 Å². The van der Waals surface area contributed by atoms with Gasteiger partial charge in [-0.05, 0) is 37.5 Å². The summed E-state index contributed by atoms with van der Waals surface area (Å²) < 4.78 is 33.1. The zero-order valence-corrected chi connectivity index (χ0v) is 18.3. The second kappa shape index (κ2) is 15.3. The van der Waals surface area contributed by atoms with E-state index in [1.165, 1.54) is 31.4 Å². The summed E-state index contributed by atoms with van der Waals surface area (Å²) in [6, 6.07) is 5.79. The number of guanidine groups is 1. The predicted octanol–water partition coefficient (Wildman–Crippen LogP) is 2.84. The highest BCUT2D eigenvalue weighted by molar-refractivity contribution is 14.0. The van der Waals surface area contributed by atoms with Crippen LogP contribution in [0.3, 0.4) is 0 Å². The molecule has 1 aromatic rings. The highest BCUT2D eigenvalue weighted by Gasteiger charge is 2.09. The van der Waals surface area contributed by atoms with Crippen molar-refractivity contribution in [3.63, 3.8) is 0 Å². The normalized spacial score (nSPS) is 12.1. The van der Waals surface area contributed by atoms with E-state index in [1.807, 2.05) is 6.92 Å². The van der Waals surface area contributed by atoms with Gasteiger partial charge >= 0.3 is 12.6 Å². The van der Waals surface area contributed by atoms with Crippen LogP contribution >= 0.6 is 24.0 Å². The number of hydrogen-bond donors (Lipinski definition) is 3. The lowest BCUT2D eigenvalue weighted by molar-refractivity contribution is -0.140. The molecule has 0 aliphatic carbocycles. The van der Waals surface area contributed by atoms with E-state index in [-0.39, 0.29) is 42.2 Å². The summed E-state index contributed by atoms with van der Waals surface area (Å²) in [6.45, 7) is 0.424. The Balaban J connectivity index is 0.00000729. The van der Waals surface area contributed by atoms with Crippen LogP contribution in [0.2, 0.25) is 0 Å². The molecule has 0 amide bonds. The van der Waals surface area contributed by atoms with E-state index in [1.54, 1.807) is 0 Å². The van der Waals surface area contributed by atoms with Crippen molar-refractivity contribution in [3.8, 4) is 5.75 Å². The van der Waals surface area contributed by atoms with Crippen LogP contribution in [0.15, 0.2) is 29.3 Å². The number of carbonyl (C=O) groups excluding carboxylic acids is 1. The number of esters is 1. The quantitative estimate of drug-likeness (QED) is 0.138. The number of rotatable bonds is 11. The molecule has 0 spiro atoms. The van der Waals surface area contributed by atoms with Gasteiger partial charge in [0.1, 0.15) is 5.75 Å². The van der Waals surface area contributed by atoms with Gasteiger partial charge in [0.2, 0.25) is 0 Å². The number of nitrogens with zero attached hydrogens (tertiary/aromatic N) is 1. The monoisotopic (exact) mass is 515 g/mol. The van der Waals surface area contributed by atoms with Crippen LogP contribution in [-0.4, -0.2) is 50.4 Å². The summed E-state index contributed by atoms with van der Waals surface area (Å²) in [7, 11) is 1.36. The summed E-state index contributed by atoms with van der Waals surface area (Å²) in [6.07, 6.45) is 0.971. The zero-order chi connectivity index (χ0) is 20.1. The van der Waals surface area contributed by atoms with Gasteiger partial charge in [0.15, 0.2) is 5.96 Å². The van der Waals surface area contributed by atoms with E-state index >= 15 is 0 Å². The van der Waals surface area contributed by atoms with Crippen molar-refractivity contribution in [1.29, 1.82) is 0 Å². The van der Waals surface area contributed by atoms with Gasteiger partial charge in [0.05, 0.1) is 19.8 Å². The molecule has 160 valence electrons. The maximum Gasteiger partial charge on any atom is 0.387 e. The van der Waals surface area contributed by atoms with Crippen molar-refractivity contribution in [2.75, 3.05) is 26.7 Å². The van der Waals surface area contributed by atoms with E-state index in [2.05, 4.69) is 25.1 Å². The van der Waals surface area contributed by atoms with Crippen molar-refractivity contribution in [2.45, 2.75) is 38.9 Å². The van der Waals surface area contributed by atoms with Crippen LogP contribution in [0.25, 0.3) is 0 Å². The topological polar surface area (TPSA) is 92.2 Å². The Morgan fingerprint density at radius 1 is 1.21 bits per heavy atom. The lowest BCUT2D eigenvalue weighted by Crippen LogP contribution is -2.38. The van der Waals surface area contributed by atoms with Crippen LogP contribution in [0.4, 0.5) is 8.78 Å². The number of hydrogen-bond acceptors (Lipinski definition) is 5. The largest absolute Gasteiger partial charge is 0.469 e. The van der Waals surface area contributed by atoms with Crippen LogP contribution in [0, 0.1) is 0 Å². The molecule has 0 heterocycles. The number of aliphatic hydroxyl groups excluding tert-OH is 1. The summed E-state index contributed by atoms with van der Waals surface area (Å²) in [5.74, 6) is 0.349. The number of unbranched alkanes of at least 4 members (excludes halogenated alkanes) is 1. The van der Waals surface area contributed by atoms with Crippen LogP contribution in [0.1, 0.15) is 37.9 Å². The predicted molar refractivity (Wildman–Crippen MR) is 113 cm³/mol. The average Bonchev–Trinajstić information content (AvgIpc) is 2.65. The average molecular weight is 515 g/mol. The van der Waals surface area contributed by atoms with Gasteiger partial charge in [-0.25, -0.2) is 0 Å². The molecule has 1 unspecified atom stereocenters. The standard InChI is InChI=1S/C18H27F2N3O4.HI/c1-3-21-18(22-11-5-4-6-16(25)26-2)23-12-15(24)13-7-9-14(10-8-13)27-17(19)20;/h7-10,15,17,24H,3-6,11-12H2,1-2H3,(H2,21,22,23);1H. The lowest BCUT2D eigenvalue weighted by atomic mass is 10.1. The SMILES string of the molecule is CCNC(=NCC(O)c1ccc(OC(F)F)cc1)NCCCCC(=O)OC.I. The number of aliphatic hydroxyl groups is 1. The first-order chi connectivity index (χ1) is 13.0. The van der Waals surface area contributed by atoms with Crippen LogP contribution in [-0.2, 0) is 9.53 Å². The number of benzene rings is 1. The first-order valence-corrected chi connectivity index (χ1v) is 8.78. The number of ether oxygens (including phenoxy) is 2. The van der Waals surface area contributed by atoms with Crippen molar-refractivity contribution in [1.82, 2.24) is 10.6 Å². The molecule has 1 aromatic carbocycles. The molecule has 0 aromatic heterocycles. The molecule has 0 aliphatic rings. The van der Waals surface area contributed by atoms with Gasteiger partial charge < -0.3 is 25.2 Å². The summed E-state index contributed by atoms with van der Waals surface area (Å²) >= 11 is 0. The molecule has 28 heavy (non-hydrogen) atoms. The van der Waals surface area contributed by atoms with E-state index in [0.29, 0.717) is 37.5 Å². The van der Waals surface area contributed by atoms with Crippen molar-refractivity contribution >= 4 is 35.9 Å². The third-order valence-corrected chi connectivity index (χ3v) is 3.58. The first kappa shape index (κ1) is 26.3. The van der Waals surface area contributed by atoms with Gasteiger partial charge in [0.25, 0.3) is 0 Å². The Bertz CT molecular complexity index is 589. The van der Waals surface area contributed by atoms with Gasteiger partial charge in [-0.3, -0.25) is 9.79 Å². The molecule has 0 radical (unpaired) electrons. The molecule has 10 heteroatoms. The fourth-order valence-electron chi connectivity index (χ4n) is 2.20. The molecule has 0 fully saturated rings. The zero-order valence-electron chi connectivity index (χ0n) is 16.0. The Morgan fingerprint density at radius 2 is 1.89 bits per heavy atom. The number of carbonyl (C=O) groups is 1. The number of aliphatic imine (C=N–C) groups is 1. The number of nitrogens with one attached hydrogen (secondary N) is 2. The Labute approximate surface area is 180 Å². The number of methoxy groups -OCH3 is 1. The summed E-state index contributed by atoms with van der Waals surface area (Å²) in [5, 5.41) is 16.4. The minimum absolute atomic E-state index is 0. The molecule has 0 saturated heterocycles. The number of halogens is 3. The van der Waals surface area contributed by atoms with Crippen LogP contribution in [0.5, 0.6) is 5.75 Å². The van der Waals surface area contributed by atoms with Crippen molar-refractivity contribution in [2.24, 2.45) is 4.99 Å². The Hall–Kier alpha value is -1.69. The molecule has 7 nitrogen and oxygen atoms in total. The maximum absolute atomic E-state index is 12.1. The van der Waals surface area contributed by atoms with E-state index in [0.717, 1.165) is 6.42 Å². The minimum Gasteiger partial charge on any atom is -0.469 e. The molecule has 3 N–H and O–H groups in total. The minimum atomic E-state index is -2.88. The number of alkyl halides is 2. The third kappa shape index (κ3) is 11.2. The second-order valence-corrected chi connectivity index (χ2v) is 5.64. The molecular weight excluding hydrogens is 487 g/mol. The highest BCUT2D eigenvalue weighted by atomic mass is 127. The van der Waals surface area contributed by atoms with Crippen molar-refractivity contribution in [3.05, 3.63) is 29.8 Å². The third-order valence-electron chi connectivity index (χ3n) is 3.58. The van der Waals surface area contributed by atoms with Gasteiger partial charge in [0, 0.05) is 19.5 Å². The second-order valence-electron chi connectivity index (χ2n) is 5.64. The molecule has 1 atom stereocenters.